The summed E-state index contributed by atoms with van der Waals surface area (Å²) in [6.45, 7) is 3.66. The van der Waals surface area contributed by atoms with Crippen LogP contribution in [0.5, 0.6) is 5.75 Å². The van der Waals surface area contributed by atoms with Crippen molar-refractivity contribution < 1.29 is 13.5 Å². The van der Waals surface area contributed by atoms with E-state index in [0.717, 1.165) is 37.5 Å². The van der Waals surface area contributed by atoms with E-state index < -0.39 is 0 Å². The number of furan rings is 1. The monoisotopic (exact) mass is 290 g/mol. The van der Waals surface area contributed by atoms with Crippen LogP contribution in [0.4, 0.5) is 4.39 Å². The van der Waals surface area contributed by atoms with Crippen LogP contribution in [0.15, 0.2) is 41.0 Å². The van der Waals surface area contributed by atoms with E-state index >= 15 is 0 Å². The lowest BCUT2D eigenvalue weighted by Gasteiger charge is -2.34. The molecule has 1 fully saturated rings. The van der Waals surface area contributed by atoms with Gasteiger partial charge in [-0.05, 0) is 29.8 Å². The summed E-state index contributed by atoms with van der Waals surface area (Å²) in [6, 6.07) is 8.84. The lowest BCUT2D eigenvalue weighted by Crippen LogP contribution is -2.45. The van der Waals surface area contributed by atoms with Crippen LogP contribution in [0.1, 0.15) is 17.4 Å². The highest BCUT2D eigenvalue weighted by Gasteiger charge is 2.26. The molecule has 0 spiro atoms. The fraction of sp³-hybridized carbons (Fsp3) is 0.375. The number of hydrogen-bond donors (Lipinski definition) is 1. The van der Waals surface area contributed by atoms with Crippen LogP contribution in [0, 0.1) is 5.82 Å². The van der Waals surface area contributed by atoms with E-state index in [1.165, 1.54) is 13.2 Å². The van der Waals surface area contributed by atoms with Gasteiger partial charge in [-0.1, -0.05) is 6.07 Å². The zero-order valence-corrected chi connectivity index (χ0v) is 12.0. The Kier molecular flexibility index (Phi) is 4.22. The summed E-state index contributed by atoms with van der Waals surface area (Å²) in [5.74, 6) is 0.750. The minimum absolute atomic E-state index is 0.0671. The van der Waals surface area contributed by atoms with Crippen molar-refractivity contribution in [1.82, 2.24) is 10.2 Å². The van der Waals surface area contributed by atoms with Crippen LogP contribution < -0.4 is 10.1 Å². The number of methoxy groups -OCH3 is 1. The third-order valence-electron chi connectivity index (χ3n) is 3.82. The topological polar surface area (TPSA) is 37.6 Å². The van der Waals surface area contributed by atoms with Gasteiger partial charge in [-0.2, -0.15) is 0 Å². The van der Waals surface area contributed by atoms with Crippen molar-refractivity contribution in [3.8, 4) is 5.75 Å². The first-order chi connectivity index (χ1) is 10.3. The molecule has 0 saturated carbocycles. The van der Waals surface area contributed by atoms with E-state index in [1.807, 2.05) is 18.2 Å². The molecule has 21 heavy (non-hydrogen) atoms. The Morgan fingerprint density at radius 1 is 1.29 bits per heavy atom. The van der Waals surface area contributed by atoms with Gasteiger partial charge in [0.25, 0.3) is 0 Å². The van der Waals surface area contributed by atoms with Crippen LogP contribution in [0.2, 0.25) is 0 Å². The van der Waals surface area contributed by atoms with Gasteiger partial charge < -0.3 is 14.5 Å². The number of benzene rings is 1. The predicted octanol–water partition coefficient (Wildman–Crippen LogP) is 2.42. The smallest absolute Gasteiger partial charge is 0.165 e. The number of rotatable bonds is 4. The lowest BCUT2D eigenvalue weighted by atomic mass is 10.0. The predicted molar refractivity (Wildman–Crippen MR) is 77.9 cm³/mol. The maximum atomic E-state index is 14.0. The molecular formula is C16H19FN2O2. The first-order valence-corrected chi connectivity index (χ1v) is 7.11. The Balaban J connectivity index is 1.96. The molecule has 1 N–H and O–H groups in total. The molecule has 2 heterocycles. The van der Waals surface area contributed by atoms with Crippen LogP contribution >= 0.6 is 0 Å². The van der Waals surface area contributed by atoms with Crippen molar-refractivity contribution >= 4 is 0 Å². The lowest BCUT2D eigenvalue weighted by molar-refractivity contribution is 0.179. The zero-order chi connectivity index (χ0) is 14.7. The summed E-state index contributed by atoms with van der Waals surface area (Å²) in [5.41, 5.74) is 0.880. The molecular weight excluding hydrogens is 271 g/mol. The van der Waals surface area contributed by atoms with E-state index in [2.05, 4.69) is 10.2 Å². The van der Waals surface area contributed by atoms with Gasteiger partial charge in [-0.25, -0.2) is 4.39 Å². The van der Waals surface area contributed by atoms with Crippen molar-refractivity contribution in [3.63, 3.8) is 0 Å². The molecule has 0 unspecified atom stereocenters. The van der Waals surface area contributed by atoms with Gasteiger partial charge in [-0.3, -0.25) is 4.90 Å². The molecule has 0 amide bonds. The highest BCUT2D eigenvalue weighted by molar-refractivity contribution is 5.34. The Morgan fingerprint density at radius 3 is 2.71 bits per heavy atom. The molecule has 1 aliphatic heterocycles. The normalized spacial score (nSPS) is 17.6. The van der Waals surface area contributed by atoms with Crippen LogP contribution in [-0.2, 0) is 0 Å². The van der Waals surface area contributed by atoms with Gasteiger partial charge in [0.05, 0.1) is 19.4 Å². The Hall–Kier alpha value is -1.85. The van der Waals surface area contributed by atoms with Crippen molar-refractivity contribution in [2.24, 2.45) is 0 Å². The molecule has 1 aromatic heterocycles. The first-order valence-electron chi connectivity index (χ1n) is 7.11. The number of hydrogen-bond acceptors (Lipinski definition) is 4. The molecule has 0 bridgehead atoms. The summed E-state index contributed by atoms with van der Waals surface area (Å²) in [7, 11) is 1.47. The standard InChI is InChI=1S/C16H19FN2O2/c1-20-14-5-4-12(11-13(14)17)16(15-3-2-10-21-15)19-8-6-18-7-9-19/h2-5,10-11,16,18H,6-9H2,1H3/t16-/m0/s1. The molecule has 112 valence electrons. The van der Waals surface area contributed by atoms with E-state index in [1.54, 1.807) is 12.3 Å². The first kappa shape index (κ1) is 14.1. The summed E-state index contributed by atoms with van der Waals surface area (Å²) < 4.78 is 24.6. The zero-order valence-electron chi connectivity index (χ0n) is 12.0. The molecule has 3 rings (SSSR count). The SMILES string of the molecule is COc1ccc([C@@H](c2ccco2)N2CCNCC2)cc1F. The fourth-order valence-electron chi connectivity index (χ4n) is 2.79. The summed E-state index contributed by atoms with van der Waals surface area (Å²) >= 11 is 0. The second-order valence-corrected chi connectivity index (χ2v) is 5.10. The second-order valence-electron chi connectivity index (χ2n) is 5.10. The van der Waals surface area contributed by atoms with Gasteiger partial charge in [-0.15, -0.1) is 0 Å². The summed E-state index contributed by atoms with van der Waals surface area (Å²) in [4.78, 5) is 2.30. The van der Waals surface area contributed by atoms with Crippen LogP contribution in [0.3, 0.4) is 0 Å². The van der Waals surface area contributed by atoms with Gasteiger partial charge >= 0.3 is 0 Å². The largest absolute Gasteiger partial charge is 0.494 e. The number of nitrogens with one attached hydrogen (secondary N) is 1. The molecule has 4 nitrogen and oxygen atoms in total. The molecule has 0 radical (unpaired) electrons. The van der Waals surface area contributed by atoms with Gasteiger partial charge in [0.1, 0.15) is 5.76 Å². The maximum absolute atomic E-state index is 14.0. The average molecular weight is 290 g/mol. The molecule has 5 heteroatoms. The molecule has 1 saturated heterocycles. The van der Waals surface area contributed by atoms with Crippen LogP contribution in [-0.4, -0.2) is 38.2 Å². The Bertz CT molecular complexity index is 580. The van der Waals surface area contributed by atoms with Crippen molar-refractivity contribution in [3.05, 3.63) is 53.7 Å². The second kappa shape index (κ2) is 6.28. The third kappa shape index (κ3) is 2.94. The molecule has 1 aromatic carbocycles. The Labute approximate surface area is 123 Å². The Morgan fingerprint density at radius 2 is 2.10 bits per heavy atom. The van der Waals surface area contributed by atoms with E-state index in [0.29, 0.717) is 0 Å². The minimum Gasteiger partial charge on any atom is -0.494 e. The highest BCUT2D eigenvalue weighted by Crippen LogP contribution is 2.31. The quantitative estimate of drug-likeness (QED) is 0.938. The summed E-state index contributed by atoms with van der Waals surface area (Å²) in [5, 5.41) is 3.33. The number of nitrogens with zero attached hydrogens (tertiary/aromatic N) is 1. The minimum atomic E-state index is -0.346. The van der Waals surface area contributed by atoms with E-state index in [4.69, 9.17) is 9.15 Å². The van der Waals surface area contributed by atoms with Crippen molar-refractivity contribution in [2.45, 2.75) is 6.04 Å². The molecule has 1 aliphatic rings. The van der Waals surface area contributed by atoms with Crippen molar-refractivity contribution in [1.29, 1.82) is 0 Å². The van der Waals surface area contributed by atoms with E-state index in [-0.39, 0.29) is 17.6 Å². The number of piperazine rings is 1. The van der Waals surface area contributed by atoms with Crippen LogP contribution in [0.25, 0.3) is 0 Å². The maximum Gasteiger partial charge on any atom is 0.165 e. The van der Waals surface area contributed by atoms with Gasteiger partial charge in [0.2, 0.25) is 0 Å². The third-order valence-corrected chi connectivity index (χ3v) is 3.82. The summed E-state index contributed by atoms with van der Waals surface area (Å²) in [6.07, 6.45) is 1.66. The van der Waals surface area contributed by atoms with Crippen molar-refractivity contribution in [2.75, 3.05) is 33.3 Å². The molecule has 1 atom stereocenters. The van der Waals surface area contributed by atoms with Gasteiger partial charge in [0, 0.05) is 26.2 Å². The fourth-order valence-corrected chi connectivity index (χ4v) is 2.79. The highest BCUT2D eigenvalue weighted by atomic mass is 19.1. The van der Waals surface area contributed by atoms with Gasteiger partial charge in [0.15, 0.2) is 11.6 Å². The van der Waals surface area contributed by atoms with E-state index in [9.17, 15) is 4.39 Å². The average Bonchev–Trinajstić information content (AvgIpc) is 3.03. The number of ether oxygens (including phenoxy) is 1. The number of halogens is 1. The molecule has 2 aromatic rings. The molecule has 0 aliphatic carbocycles.